The molecule has 35 heavy (non-hydrogen) atoms. The highest BCUT2D eigenvalue weighted by Gasteiger charge is 2.31. The van der Waals surface area contributed by atoms with E-state index >= 15 is 0 Å². The van der Waals surface area contributed by atoms with Crippen LogP contribution in [0.5, 0.6) is 5.75 Å². The van der Waals surface area contributed by atoms with E-state index in [2.05, 4.69) is 9.72 Å². The van der Waals surface area contributed by atoms with Gasteiger partial charge in [0.15, 0.2) is 5.69 Å². The molecule has 0 bridgehead atoms. The van der Waals surface area contributed by atoms with E-state index in [-0.39, 0.29) is 28.8 Å². The predicted molar refractivity (Wildman–Crippen MR) is 120 cm³/mol. The number of carboxylic acids is 1. The standard InChI is InChI=1S/C25H17F3N2O5/c26-25(27,28)35-18-8-4-7-16(13-18)17-9-10-19-20(14-17)30(12-11-21(31)32)24(34)22(29-19)23(33)15-5-2-1-3-6-15/h1-10,13-14H,11-12H2,(H,31,32). The average molecular weight is 482 g/mol. The summed E-state index contributed by atoms with van der Waals surface area (Å²) in [6.07, 6.45) is -5.25. The van der Waals surface area contributed by atoms with Crippen LogP contribution >= 0.6 is 0 Å². The number of ether oxygens (including phenoxy) is 1. The molecule has 0 unspecified atom stereocenters. The summed E-state index contributed by atoms with van der Waals surface area (Å²) in [7, 11) is 0. The van der Waals surface area contributed by atoms with E-state index in [9.17, 15) is 27.6 Å². The van der Waals surface area contributed by atoms with Crippen molar-refractivity contribution in [1.29, 1.82) is 0 Å². The number of carbonyl (C=O) groups excluding carboxylic acids is 1. The second-order valence-corrected chi connectivity index (χ2v) is 7.54. The second-order valence-electron chi connectivity index (χ2n) is 7.54. The minimum atomic E-state index is -4.86. The van der Waals surface area contributed by atoms with Gasteiger partial charge in [-0.1, -0.05) is 48.5 Å². The van der Waals surface area contributed by atoms with Crippen LogP contribution in [0.3, 0.4) is 0 Å². The normalized spacial score (nSPS) is 11.4. The number of hydrogen-bond donors (Lipinski definition) is 1. The van der Waals surface area contributed by atoms with Crippen molar-refractivity contribution in [2.75, 3.05) is 0 Å². The number of aryl methyl sites for hydroxylation is 1. The first-order chi connectivity index (χ1) is 16.6. The molecule has 0 spiro atoms. The quantitative estimate of drug-likeness (QED) is 0.385. The zero-order valence-electron chi connectivity index (χ0n) is 18.0. The van der Waals surface area contributed by atoms with Gasteiger partial charge >= 0.3 is 12.3 Å². The Morgan fingerprint density at radius 1 is 0.943 bits per heavy atom. The average Bonchev–Trinajstić information content (AvgIpc) is 2.82. The molecule has 0 amide bonds. The number of carboxylic acid groups (broad SMARTS) is 1. The van der Waals surface area contributed by atoms with Crippen LogP contribution < -0.4 is 10.3 Å². The smallest absolute Gasteiger partial charge is 0.481 e. The van der Waals surface area contributed by atoms with Crippen LogP contribution in [0.2, 0.25) is 0 Å². The molecule has 10 heteroatoms. The van der Waals surface area contributed by atoms with Crippen LogP contribution in [0, 0.1) is 0 Å². The summed E-state index contributed by atoms with van der Waals surface area (Å²) < 4.78 is 43.0. The fourth-order valence-electron chi connectivity index (χ4n) is 3.60. The highest BCUT2D eigenvalue weighted by atomic mass is 19.4. The molecule has 0 radical (unpaired) electrons. The number of aromatic nitrogens is 2. The maximum atomic E-state index is 13.2. The third-order valence-corrected chi connectivity index (χ3v) is 5.15. The van der Waals surface area contributed by atoms with E-state index in [1.165, 1.54) is 36.4 Å². The number of alkyl halides is 3. The summed E-state index contributed by atoms with van der Waals surface area (Å²) in [5, 5.41) is 9.15. The van der Waals surface area contributed by atoms with Crippen LogP contribution in [-0.4, -0.2) is 32.8 Å². The zero-order valence-corrected chi connectivity index (χ0v) is 18.0. The molecule has 178 valence electrons. The minimum absolute atomic E-state index is 0.233. The Kier molecular flexibility index (Phi) is 6.37. The first-order valence-corrected chi connectivity index (χ1v) is 10.3. The van der Waals surface area contributed by atoms with Gasteiger partial charge in [-0.2, -0.15) is 0 Å². The number of ketones is 1. The van der Waals surface area contributed by atoms with Gasteiger partial charge in [-0.25, -0.2) is 4.98 Å². The molecule has 0 saturated carbocycles. The molecule has 4 aromatic rings. The summed E-state index contributed by atoms with van der Waals surface area (Å²) in [6.45, 7) is -0.233. The molecule has 3 aromatic carbocycles. The van der Waals surface area contributed by atoms with Crippen LogP contribution in [0.25, 0.3) is 22.2 Å². The molecule has 4 rings (SSSR count). The topological polar surface area (TPSA) is 98.5 Å². The van der Waals surface area contributed by atoms with Gasteiger partial charge in [0.25, 0.3) is 5.56 Å². The van der Waals surface area contributed by atoms with Crippen LogP contribution in [0.15, 0.2) is 77.6 Å². The molecule has 0 saturated heterocycles. The molecule has 1 N–H and O–H groups in total. The molecular weight excluding hydrogens is 465 g/mol. The molecule has 1 aromatic heterocycles. The van der Waals surface area contributed by atoms with Gasteiger partial charge in [-0.05, 0) is 35.4 Å². The Bertz CT molecular complexity index is 1480. The van der Waals surface area contributed by atoms with Crippen molar-refractivity contribution in [3.8, 4) is 16.9 Å². The SMILES string of the molecule is O=C(O)CCn1c(=O)c(C(=O)c2ccccc2)nc2ccc(-c3cccc(OC(F)(F)F)c3)cc21. The number of nitrogens with zero attached hydrogens (tertiary/aromatic N) is 2. The van der Waals surface area contributed by atoms with Crippen molar-refractivity contribution in [3.63, 3.8) is 0 Å². The van der Waals surface area contributed by atoms with E-state index in [0.29, 0.717) is 11.1 Å². The lowest BCUT2D eigenvalue weighted by Gasteiger charge is -2.13. The second kappa shape index (κ2) is 9.41. The largest absolute Gasteiger partial charge is 0.573 e. The monoisotopic (exact) mass is 482 g/mol. The highest BCUT2D eigenvalue weighted by Crippen LogP contribution is 2.29. The zero-order chi connectivity index (χ0) is 25.2. The van der Waals surface area contributed by atoms with Crippen LogP contribution in [-0.2, 0) is 11.3 Å². The lowest BCUT2D eigenvalue weighted by molar-refractivity contribution is -0.274. The molecule has 0 aliphatic heterocycles. The summed E-state index contributed by atoms with van der Waals surface area (Å²) in [4.78, 5) is 41.6. The lowest BCUT2D eigenvalue weighted by Crippen LogP contribution is -2.29. The van der Waals surface area contributed by atoms with E-state index in [1.807, 2.05) is 0 Å². The van der Waals surface area contributed by atoms with Crippen molar-refractivity contribution >= 4 is 22.8 Å². The number of rotatable bonds is 7. The summed E-state index contributed by atoms with van der Waals surface area (Å²) in [5.41, 5.74) is 0.426. The van der Waals surface area contributed by atoms with Gasteiger partial charge in [-0.3, -0.25) is 14.4 Å². The highest BCUT2D eigenvalue weighted by molar-refractivity contribution is 6.08. The molecule has 7 nitrogen and oxygen atoms in total. The Morgan fingerprint density at radius 2 is 1.66 bits per heavy atom. The Labute approximate surface area is 196 Å². The number of aliphatic carboxylic acids is 1. The van der Waals surface area contributed by atoms with Crippen LogP contribution in [0.1, 0.15) is 22.5 Å². The number of benzene rings is 3. The first kappa shape index (κ1) is 23.7. The maximum Gasteiger partial charge on any atom is 0.573 e. The van der Waals surface area contributed by atoms with Crippen molar-refractivity contribution in [2.24, 2.45) is 0 Å². The first-order valence-electron chi connectivity index (χ1n) is 10.3. The lowest BCUT2D eigenvalue weighted by atomic mass is 10.0. The van der Waals surface area contributed by atoms with Crippen molar-refractivity contribution in [3.05, 3.63) is 94.4 Å². The number of hydrogen-bond acceptors (Lipinski definition) is 5. The van der Waals surface area contributed by atoms with Crippen molar-refractivity contribution in [2.45, 2.75) is 19.3 Å². The van der Waals surface area contributed by atoms with Gasteiger partial charge < -0.3 is 14.4 Å². The van der Waals surface area contributed by atoms with E-state index in [1.54, 1.807) is 30.3 Å². The number of carbonyl (C=O) groups is 2. The predicted octanol–water partition coefficient (Wildman–Crippen LogP) is 4.67. The molecule has 0 aliphatic carbocycles. The van der Waals surface area contributed by atoms with Gasteiger partial charge in [-0.15, -0.1) is 13.2 Å². The number of halogens is 3. The molecule has 0 atom stereocenters. The van der Waals surface area contributed by atoms with E-state index < -0.39 is 35.8 Å². The fraction of sp³-hybridized carbons (Fsp3) is 0.120. The van der Waals surface area contributed by atoms with Crippen molar-refractivity contribution < 1.29 is 32.6 Å². The Morgan fingerprint density at radius 3 is 2.34 bits per heavy atom. The van der Waals surface area contributed by atoms with Gasteiger partial charge in [0.1, 0.15) is 5.75 Å². The Hall–Kier alpha value is -4.47. The third-order valence-electron chi connectivity index (χ3n) is 5.15. The third kappa shape index (κ3) is 5.37. The molecule has 0 fully saturated rings. The summed E-state index contributed by atoms with van der Waals surface area (Å²) in [5.74, 6) is -2.17. The van der Waals surface area contributed by atoms with Crippen molar-refractivity contribution in [1.82, 2.24) is 9.55 Å². The number of fused-ring (bicyclic) bond motifs is 1. The summed E-state index contributed by atoms with van der Waals surface area (Å²) >= 11 is 0. The molecular formula is C25H17F3N2O5. The Balaban J connectivity index is 1.85. The van der Waals surface area contributed by atoms with Gasteiger partial charge in [0.2, 0.25) is 5.78 Å². The van der Waals surface area contributed by atoms with E-state index in [0.717, 1.165) is 10.6 Å². The van der Waals surface area contributed by atoms with Gasteiger partial charge in [0.05, 0.1) is 17.5 Å². The summed E-state index contributed by atoms with van der Waals surface area (Å²) in [6, 6.07) is 18.0. The fourth-order valence-corrected chi connectivity index (χ4v) is 3.60. The minimum Gasteiger partial charge on any atom is -0.481 e. The van der Waals surface area contributed by atoms with Crippen LogP contribution in [0.4, 0.5) is 13.2 Å². The molecule has 1 heterocycles. The van der Waals surface area contributed by atoms with E-state index in [4.69, 9.17) is 5.11 Å². The van der Waals surface area contributed by atoms with Gasteiger partial charge in [0, 0.05) is 12.1 Å². The maximum absolute atomic E-state index is 13.2. The molecule has 0 aliphatic rings.